The Labute approximate surface area is 142 Å². The van der Waals surface area contributed by atoms with E-state index in [-0.39, 0.29) is 23.7 Å². The Morgan fingerprint density at radius 2 is 1.96 bits per heavy atom. The zero-order valence-electron chi connectivity index (χ0n) is 14.9. The fraction of sp³-hybridized carbons (Fsp3) is 0.706. The average Bonchev–Trinajstić information content (AvgIpc) is 2.57. The van der Waals surface area contributed by atoms with Crippen LogP contribution >= 0.6 is 0 Å². The first kappa shape index (κ1) is 18.4. The molecule has 7 nitrogen and oxygen atoms in total. The standard InChI is InChI=1S/C17H28N4O3/c1-4-9-21-15(18)14(16(23)19(3)17(21)24)13(22)11-20-10-7-6-8-12(20)5-2/h12H,4-11,18H2,1-3H3. The highest BCUT2D eigenvalue weighted by atomic mass is 16.2. The van der Waals surface area contributed by atoms with E-state index in [2.05, 4.69) is 11.8 Å². The molecule has 2 heterocycles. The van der Waals surface area contributed by atoms with Crippen LogP contribution in [0.25, 0.3) is 0 Å². The lowest BCUT2D eigenvalue weighted by atomic mass is 9.99. The number of carbonyl (C=O) groups is 1. The number of nitrogen functional groups attached to an aromatic ring is 1. The summed E-state index contributed by atoms with van der Waals surface area (Å²) in [6.07, 6.45) is 4.99. The van der Waals surface area contributed by atoms with Crippen molar-refractivity contribution in [3.8, 4) is 0 Å². The van der Waals surface area contributed by atoms with Crippen molar-refractivity contribution >= 4 is 11.6 Å². The number of rotatable bonds is 6. The monoisotopic (exact) mass is 336 g/mol. The number of hydrogen-bond donors (Lipinski definition) is 1. The van der Waals surface area contributed by atoms with Gasteiger partial charge in [-0.15, -0.1) is 0 Å². The molecular formula is C17H28N4O3. The Balaban J connectivity index is 2.38. The predicted molar refractivity (Wildman–Crippen MR) is 94.5 cm³/mol. The first-order valence-electron chi connectivity index (χ1n) is 8.78. The summed E-state index contributed by atoms with van der Waals surface area (Å²) in [6, 6.07) is 0.370. The Morgan fingerprint density at radius 3 is 2.58 bits per heavy atom. The summed E-state index contributed by atoms with van der Waals surface area (Å²) in [5.41, 5.74) is 4.90. The Morgan fingerprint density at radius 1 is 1.25 bits per heavy atom. The molecule has 1 fully saturated rings. The third kappa shape index (κ3) is 3.45. The molecule has 2 N–H and O–H groups in total. The van der Waals surface area contributed by atoms with Crippen molar-refractivity contribution in [3.63, 3.8) is 0 Å². The number of aromatic nitrogens is 2. The minimum Gasteiger partial charge on any atom is -0.384 e. The molecule has 1 atom stereocenters. The molecule has 0 spiro atoms. The zero-order chi connectivity index (χ0) is 17.9. The van der Waals surface area contributed by atoms with Crippen molar-refractivity contribution < 1.29 is 4.79 Å². The van der Waals surface area contributed by atoms with Gasteiger partial charge in [-0.25, -0.2) is 4.79 Å². The molecule has 1 saturated heterocycles. The van der Waals surface area contributed by atoms with Gasteiger partial charge in [-0.2, -0.15) is 0 Å². The van der Waals surface area contributed by atoms with Crippen molar-refractivity contribution in [2.45, 2.75) is 58.5 Å². The van der Waals surface area contributed by atoms with Gasteiger partial charge in [0, 0.05) is 19.6 Å². The van der Waals surface area contributed by atoms with E-state index in [1.54, 1.807) is 0 Å². The van der Waals surface area contributed by atoms with Crippen LogP contribution < -0.4 is 17.0 Å². The number of Topliss-reactive ketones (excluding diaryl/α,β-unsaturated/α-hetero) is 1. The normalized spacial score (nSPS) is 18.7. The summed E-state index contributed by atoms with van der Waals surface area (Å²) >= 11 is 0. The summed E-state index contributed by atoms with van der Waals surface area (Å²) in [7, 11) is 1.39. The summed E-state index contributed by atoms with van der Waals surface area (Å²) in [6.45, 7) is 5.46. The van der Waals surface area contributed by atoms with Crippen LogP contribution in [0.3, 0.4) is 0 Å². The number of anilines is 1. The molecule has 0 bridgehead atoms. The zero-order valence-corrected chi connectivity index (χ0v) is 14.9. The third-order valence-electron chi connectivity index (χ3n) is 4.88. The van der Waals surface area contributed by atoms with E-state index in [0.717, 1.165) is 30.4 Å². The highest BCUT2D eigenvalue weighted by Gasteiger charge is 2.27. The first-order valence-corrected chi connectivity index (χ1v) is 8.78. The maximum absolute atomic E-state index is 12.8. The van der Waals surface area contributed by atoms with Gasteiger partial charge in [0.25, 0.3) is 5.56 Å². The van der Waals surface area contributed by atoms with E-state index >= 15 is 0 Å². The van der Waals surface area contributed by atoms with Gasteiger partial charge in [0.15, 0.2) is 5.78 Å². The molecule has 2 rings (SSSR count). The fourth-order valence-corrected chi connectivity index (χ4v) is 3.48. The van der Waals surface area contributed by atoms with Crippen LogP contribution in [0.2, 0.25) is 0 Å². The second kappa shape index (κ2) is 7.79. The van der Waals surface area contributed by atoms with Crippen LogP contribution in [-0.4, -0.2) is 38.9 Å². The predicted octanol–water partition coefficient (Wildman–Crippen LogP) is 0.986. The minimum absolute atomic E-state index is 0.00000732. The number of carbonyl (C=O) groups excluding carboxylic acids is 1. The molecule has 0 aromatic carbocycles. The molecular weight excluding hydrogens is 308 g/mol. The number of nitrogens with zero attached hydrogens (tertiary/aromatic N) is 3. The molecule has 1 aliphatic rings. The lowest BCUT2D eigenvalue weighted by Gasteiger charge is -2.34. The van der Waals surface area contributed by atoms with Gasteiger partial charge in [0.1, 0.15) is 11.4 Å². The molecule has 1 aromatic heterocycles. The van der Waals surface area contributed by atoms with Gasteiger partial charge in [0.05, 0.1) is 6.54 Å². The Bertz CT molecular complexity index is 720. The number of nitrogens with two attached hydrogens (primary N) is 1. The van der Waals surface area contributed by atoms with Crippen LogP contribution in [-0.2, 0) is 13.6 Å². The molecule has 0 amide bonds. The van der Waals surface area contributed by atoms with Crippen LogP contribution in [0, 0.1) is 0 Å². The molecule has 0 aliphatic carbocycles. The maximum Gasteiger partial charge on any atom is 0.332 e. The highest BCUT2D eigenvalue weighted by molar-refractivity contribution is 6.01. The Hall–Kier alpha value is -1.89. The topological polar surface area (TPSA) is 90.3 Å². The number of ketones is 1. The number of piperidine rings is 1. The molecule has 134 valence electrons. The molecule has 1 aliphatic heterocycles. The SMILES string of the molecule is CCCn1c(N)c(C(=O)CN2CCCCC2CC)c(=O)n(C)c1=O. The Kier molecular flexibility index (Phi) is 5.99. The van der Waals surface area contributed by atoms with Gasteiger partial charge in [-0.1, -0.05) is 20.3 Å². The van der Waals surface area contributed by atoms with E-state index in [4.69, 9.17) is 5.73 Å². The van der Waals surface area contributed by atoms with Crippen LogP contribution in [0.4, 0.5) is 5.82 Å². The van der Waals surface area contributed by atoms with Gasteiger partial charge in [0.2, 0.25) is 0 Å². The summed E-state index contributed by atoms with van der Waals surface area (Å²) in [5, 5.41) is 0. The van der Waals surface area contributed by atoms with Gasteiger partial charge >= 0.3 is 5.69 Å². The van der Waals surface area contributed by atoms with E-state index in [9.17, 15) is 14.4 Å². The van der Waals surface area contributed by atoms with Crippen LogP contribution in [0.1, 0.15) is 56.3 Å². The third-order valence-corrected chi connectivity index (χ3v) is 4.88. The summed E-state index contributed by atoms with van der Waals surface area (Å²) < 4.78 is 2.30. The lowest BCUT2D eigenvalue weighted by Crippen LogP contribution is -2.46. The number of likely N-dealkylation sites (tertiary alicyclic amines) is 1. The van der Waals surface area contributed by atoms with Crippen LogP contribution in [0.5, 0.6) is 0 Å². The second-order valence-electron chi connectivity index (χ2n) is 6.51. The maximum atomic E-state index is 12.8. The molecule has 7 heteroatoms. The van der Waals surface area contributed by atoms with Crippen molar-refractivity contribution in [1.82, 2.24) is 14.0 Å². The van der Waals surface area contributed by atoms with Gasteiger partial charge in [-0.05, 0) is 32.2 Å². The molecule has 0 radical (unpaired) electrons. The van der Waals surface area contributed by atoms with Gasteiger partial charge in [-0.3, -0.25) is 23.6 Å². The lowest BCUT2D eigenvalue weighted by molar-refractivity contribution is 0.0836. The van der Waals surface area contributed by atoms with E-state index in [1.165, 1.54) is 18.0 Å². The van der Waals surface area contributed by atoms with Crippen molar-refractivity contribution in [2.75, 3.05) is 18.8 Å². The first-order chi connectivity index (χ1) is 11.4. The summed E-state index contributed by atoms with van der Waals surface area (Å²) in [4.78, 5) is 39.5. The van der Waals surface area contributed by atoms with Crippen LogP contribution in [0.15, 0.2) is 9.59 Å². The van der Waals surface area contributed by atoms with E-state index in [0.29, 0.717) is 19.0 Å². The fourth-order valence-electron chi connectivity index (χ4n) is 3.48. The van der Waals surface area contributed by atoms with E-state index in [1.807, 2.05) is 6.92 Å². The molecule has 0 saturated carbocycles. The smallest absolute Gasteiger partial charge is 0.332 e. The quantitative estimate of drug-likeness (QED) is 0.782. The molecule has 24 heavy (non-hydrogen) atoms. The molecule has 1 unspecified atom stereocenters. The average molecular weight is 336 g/mol. The van der Waals surface area contributed by atoms with Gasteiger partial charge < -0.3 is 5.73 Å². The van der Waals surface area contributed by atoms with Crippen molar-refractivity contribution in [3.05, 3.63) is 26.4 Å². The highest BCUT2D eigenvalue weighted by Crippen LogP contribution is 2.20. The largest absolute Gasteiger partial charge is 0.384 e. The molecule has 1 aromatic rings. The van der Waals surface area contributed by atoms with E-state index < -0.39 is 11.2 Å². The minimum atomic E-state index is -0.597. The van der Waals surface area contributed by atoms with Crippen molar-refractivity contribution in [2.24, 2.45) is 7.05 Å². The van der Waals surface area contributed by atoms with Crippen molar-refractivity contribution in [1.29, 1.82) is 0 Å². The number of hydrogen-bond acceptors (Lipinski definition) is 5. The summed E-state index contributed by atoms with van der Waals surface area (Å²) in [5.74, 6) is -0.293. The second-order valence-corrected chi connectivity index (χ2v) is 6.51.